The van der Waals surface area contributed by atoms with E-state index in [0.29, 0.717) is 12.5 Å². The van der Waals surface area contributed by atoms with E-state index in [0.717, 1.165) is 44.2 Å². The van der Waals surface area contributed by atoms with E-state index in [-0.39, 0.29) is 17.7 Å². The van der Waals surface area contributed by atoms with Crippen molar-refractivity contribution in [2.45, 2.75) is 65.5 Å². The molecule has 1 aromatic rings. The maximum Gasteiger partial charge on any atom is 0.289 e. The highest BCUT2D eigenvalue weighted by Gasteiger charge is 2.36. The van der Waals surface area contributed by atoms with Gasteiger partial charge in [0.15, 0.2) is 5.76 Å². The second-order valence-corrected chi connectivity index (χ2v) is 7.06. The summed E-state index contributed by atoms with van der Waals surface area (Å²) in [4.78, 5) is 18.4. The molecular formula is C20H31N3O2. The standard InChI is InChI=1S/C20H31N3O2/c1-4-5-6-8-17-18(10-9-16(2)3)23(20(25)19(17)24)13-7-12-22-14-11-21-15-22/h9-11,14-16,18,24H,4-8,12-13H2,1-3H3/b10-9+. The molecular weight excluding hydrogens is 314 g/mol. The fourth-order valence-electron chi connectivity index (χ4n) is 3.19. The number of hydrogen-bond donors (Lipinski definition) is 1. The Labute approximate surface area is 151 Å². The van der Waals surface area contributed by atoms with E-state index in [9.17, 15) is 9.90 Å². The molecule has 0 aliphatic carbocycles. The van der Waals surface area contributed by atoms with E-state index < -0.39 is 0 Å². The van der Waals surface area contributed by atoms with Gasteiger partial charge in [0, 0.05) is 31.1 Å². The molecule has 1 aromatic heterocycles. The van der Waals surface area contributed by atoms with Crippen LogP contribution in [0.3, 0.4) is 0 Å². The third kappa shape index (κ3) is 5.21. The summed E-state index contributed by atoms with van der Waals surface area (Å²) in [6.07, 6.45) is 14.6. The lowest BCUT2D eigenvalue weighted by Crippen LogP contribution is -2.36. The fourth-order valence-corrected chi connectivity index (χ4v) is 3.19. The largest absolute Gasteiger partial charge is 0.503 e. The number of nitrogens with zero attached hydrogens (tertiary/aromatic N) is 3. The number of aliphatic hydroxyl groups is 1. The number of hydrogen-bond acceptors (Lipinski definition) is 3. The molecule has 0 aromatic carbocycles. The first-order chi connectivity index (χ1) is 12.0. The van der Waals surface area contributed by atoms with E-state index in [2.05, 4.69) is 37.9 Å². The van der Waals surface area contributed by atoms with Gasteiger partial charge in [-0.05, 0) is 25.2 Å². The first kappa shape index (κ1) is 19.3. The number of unbranched alkanes of at least 4 members (excludes halogenated alkanes) is 2. The predicted molar refractivity (Wildman–Crippen MR) is 100 cm³/mol. The summed E-state index contributed by atoms with van der Waals surface area (Å²) in [6.45, 7) is 7.85. The molecule has 1 unspecified atom stereocenters. The number of aromatic nitrogens is 2. The van der Waals surface area contributed by atoms with E-state index in [1.54, 1.807) is 12.5 Å². The summed E-state index contributed by atoms with van der Waals surface area (Å²) in [5.74, 6) is 0.162. The Morgan fingerprint density at radius 2 is 2.08 bits per heavy atom. The van der Waals surface area contributed by atoms with Crippen LogP contribution in [-0.4, -0.2) is 38.1 Å². The van der Waals surface area contributed by atoms with Gasteiger partial charge in [0.25, 0.3) is 5.91 Å². The lowest BCUT2D eigenvalue weighted by atomic mass is 9.99. The number of aliphatic hydroxyl groups excluding tert-OH is 1. The molecule has 0 saturated carbocycles. The Kier molecular flexibility index (Phi) is 7.29. The van der Waals surface area contributed by atoms with Crippen molar-refractivity contribution in [3.63, 3.8) is 0 Å². The molecule has 0 bridgehead atoms. The number of amides is 1. The van der Waals surface area contributed by atoms with Crippen LogP contribution in [0.15, 0.2) is 42.2 Å². The topological polar surface area (TPSA) is 58.4 Å². The molecule has 138 valence electrons. The predicted octanol–water partition coefficient (Wildman–Crippen LogP) is 4.09. The minimum Gasteiger partial charge on any atom is -0.503 e. The van der Waals surface area contributed by atoms with Crippen LogP contribution in [0.2, 0.25) is 0 Å². The molecule has 0 radical (unpaired) electrons. The Bertz CT molecular complexity index is 602. The van der Waals surface area contributed by atoms with Crippen molar-refractivity contribution in [3.05, 3.63) is 42.2 Å². The summed E-state index contributed by atoms with van der Waals surface area (Å²) >= 11 is 0. The quantitative estimate of drug-likeness (QED) is 0.513. The highest BCUT2D eigenvalue weighted by atomic mass is 16.3. The van der Waals surface area contributed by atoms with Crippen molar-refractivity contribution in [2.24, 2.45) is 5.92 Å². The first-order valence-electron chi connectivity index (χ1n) is 9.41. The van der Waals surface area contributed by atoms with Crippen LogP contribution < -0.4 is 0 Å². The number of imidazole rings is 1. The average molecular weight is 345 g/mol. The van der Waals surface area contributed by atoms with Crippen molar-refractivity contribution in [1.82, 2.24) is 14.5 Å². The van der Waals surface area contributed by atoms with Crippen LogP contribution in [0.25, 0.3) is 0 Å². The first-order valence-corrected chi connectivity index (χ1v) is 9.41. The van der Waals surface area contributed by atoms with E-state index in [1.807, 2.05) is 15.7 Å². The Morgan fingerprint density at radius 3 is 2.72 bits per heavy atom. The molecule has 1 aliphatic heterocycles. The minimum atomic E-state index is -0.226. The van der Waals surface area contributed by atoms with E-state index in [1.165, 1.54) is 0 Å². The fraction of sp³-hybridized carbons (Fsp3) is 0.600. The number of carbonyl (C=O) groups excluding carboxylic acids is 1. The summed E-state index contributed by atoms with van der Waals surface area (Å²) < 4.78 is 2.01. The summed E-state index contributed by atoms with van der Waals surface area (Å²) in [5.41, 5.74) is 0.887. The van der Waals surface area contributed by atoms with E-state index >= 15 is 0 Å². The molecule has 2 heterocycles. The number of carbonyl (C=O) groups is 1. The molecule has 0 fully saturated rings. The molecule has 0 saturated heterocycles. The third-order valence-electron chi connectivity index (χ3n) is 4.56. The molecule has 1 atom stereocenters. The highest BCUT2D eigenvalue weighted by Crippen LogP contribution is 2.30. The zero-order valence-electron chi connectivity index (χ0n) is 15.7. The second-order valence-electron chi connectivity index (χ2n) is 7.06. The summed E-state index contributed by atoms with van der Waals surface area (Å²) in [6, 6.07) is -0.102. The van der Waals surface area contributed by atoms with Gasteiger partial charge in [-0.25, -0.2) is 4.98 Å². The number of aryl methyl sites for hydroxylation is 1. The minimum absolute atomic E-state index is 0.0304. The summed E-state index contributed by atoms with van der Waals surface area (Å²) in [7, 11) is 0. The summed E-state index contributed by atoms with van der Waals surface area (Å²) in [5, 5.41) is 10.4. The van der Waals surface area contributed by atoms with Crippen LogP contribution in [0.1, 0.15) is 52.9 Å². The van der Waals surface area contributed by atoms with Gasteiger partial charge in [-0.2, -0.15) is 0 Å². The smallest absolute Gasteiger partial charge is 0.289 e. The van der Waals surface area contributed by atoms with Crippen molar-refractivity contribution >= 4 is 5.91 Å². The third-order valence-corrected chi connectivity index (χ3v) is 4.56. The van der Waals surface area contributed by atoms with Crippen LogP contribution in [0.5, 0.6) is 0 Å². The number of rotatable bonds is 10. The van der Waals surface area contributed by atoms with Gasteiger partial charge >= 0.3 is 0 Å². The monoisotopic (exact) mass is 345 g/mol. The Balaban J connectivity index is 2.06. The Hall–Kier alpha value is -2.04. The van der Waals surface area contributed by atoms with E-state index in [4.69, 9.17) is 0 Å². The second kappa shape index (κ2) is 9.44. The molecule has 5 heteroatoms. The molecule has 1 N–H and O–H groups in total. The zero-order valence-corrected chi connectivity index (χ0v) is 15.7. The SMILES string of the molecule is CCCCCC1=C(O)C(=O)N(CCCn2ccnc2)C1/C=C/C(C)C. The van der Waals surface area contributed by atoms with Crippen molar-refractivity contribution < 1.29 is 9.90 Å². The Morgan fingerprint density at radius 1 is 1.28 bits per heavy atom. The van der Waals surface area contributed by atoms with Gasteiger partial charge in [0.1, 0.15) is 0 Å². The van der Waals surface area contributed by atoms with Crippen LogP contribution in [0, 0.1) is 5.92 Å². The highest BCUT2D eigenvalue weighted by molar-refractivity contribution is 5.95. The molecule has 1 aliphatic rings. The van der Waals surface area contributed by atoms with Crippen molar-refractivity contribution in [1.29, 1.82) is 0 Å². The van der Waals surface area contributed by atoms with Gasteiger partial charge in [-0.1, -0.05) is 45.8 Å². The van der Waals surface area contributed by atoms with Gasteiger partial charge in [-0.3, -0.25) is 4.79 Å². The van der Waals surface area contributed by atoms with Crippen LogP contribution in [0.4, 0.5) is 0 Å². The maximum atomic E-state index is 12.6. The molecule has 2 rings (SSSR count). The maximum absolute atomic E-state index is 12.6. The van der Waals surface area contributed by atoms with Gasteiger partial charge in [0.2, 0.25) is 0 Å². The molecule has 0 spiro atoms. The van der Waals surface area contributed by atoms with Gasteiger partial charge < -0.3 is 14.6 Å². The molecule has 25 heavy (non-hydrogen) atoms. The van der Waals surface area contributed by atoms with Gasteiger partial charge in [-0.15, -0.1) is 0 Å². The van der Waals surface area contributed by atoms with Crippen LogP contribution >= 0.6 is 0 Å². The zero-order chi connectivity index (χ0) is 18.2. The lowest BCUT2D eigenvalue weighted by molar-refractivity contribution is -0.128. The van der Waals surface area contributed by atoms with Crippen LogP contribution in [-0.2, 0) is 11.3 Å². The van der Waals surface area contributed by atoms with Crippen molar-refractivity contribution in [3.8, 4) is 0 Å². The van der Waals surface area contributed by atoms with Crippen molar-refractivity contribution in [2.75, 3.05) is 6.54 Å². The normalized spacial score (nSPS) is 18.3. The lowest BCUT2D eigenvalue weighted by Gasteiger charge is -2.25. The molecule has 1 amide bonds. The average Bonchev–Trinajstić information content (AvgIpc) is 3.17. The number of allylic oxidation sites excluding steroid dienone is 1. The molecule has 5 nitrogen and oxygen atoms in total. The van der Waals surface area contributed by atoms with Gasteiger partial charge in [0.05, 0.1) is 12.4 Å².